The monoisotopic (exact) mass is 194 g/mol. The Balaban J connectivity index is 2.55. The molecule has 6 heteroatoms. The van der Waals surface area contributed by atoms with Crippen molar-refractivity contribution in [3.05, 3.63) is 27.9 Å². The van der Waals surface area contributed by atoms with Gasteiger partial charge in [0.05, 0.1) is 5.69 Å². The quantitative estimate of drug-likeness (QED) is 0.649. The summed E-state index contributed by atoms with van der Waals surface area (Å²) in [4.78, 5) is 18.1. The highest BCUT2D eigenvalue weighted by Gasteiger charge is 2.19. The van der Waals surface area contributed by atoms with Crippen LogP contribution in [0.25, 0.3) is 5.78 Å². The van der Waals surface area contributed by atoms with Gasteiger partial charge < -0.3 is 0 Å². The van der Waals surface area contributed by atoms with Crippen LogP contribution in [0.2, 0.25) is 0 Å². The Labute approximate surface area is 77.2 Å². The van der Waals surface area contributed by atoms with Crippen molar-refractivity contribution in [1.82, 2.24) is 19.6 Å². The van der Waals surface area contributed by atoms with Crippen molar-refractivity contribution in [2.24, 2.45) is 0 Å². The maximum atomic E-state index is 11.5. The fraction of sp³-hybridized carbons (Fsp3) is 0.286. The molecule has 1 aliphatic heterocycles. The lowest BCUT2D eigenvalue weighted by molar-refractivity contribution is 0.870. The summed E-state index contributed by atoms with van der Waals surface area (Å²) >= 11 is 1.73. The minimum Gasteiger partial charge on any atom is -0.290 e. The number of thioether (sulfide) groups is 1. The minimum absolute atomic E-state index is 0.0273. The maximum absolute atomic E-state index is 11.5. The number of rotatable bonds is 0. The van der Waals surface area contributed by atoms with Crippen LogP contribution in [0, 0.1) is 0 Å². The molecule has 0 spiro atoms. The molecule has 2 aromatic heterocycles. The van der Waals surface area contributed by atoms with Crippen LogP contribution in [0.4, 0.5) is 0 Å². The molecule has 0 aromatic carbocycles. The van der Waals surface area contributed by atoms with Gasteiger partial charge in [0.25, 0.3) is 5.56 Å². The molecule has 2 aromatic rings. The average molecular weight is 194 g/mol. The highest BCUT2D eigenvalue weighted by atomic mass is 32.2. The van der Waals surface area contributed by atoms with E-state index in [-0.39, 0.29) is 5.56 Å². The number of hydrogen-bond donors (Lipinski definition) is 1. The summed E-state index contributed by atoms with van der Waals surface area (Å²) in [6.45, 7) is 0. The molecule has 0 saturated carbocycles. The van der Waals surface area contributed by atoms with Gasteiger partial charge in [-0.25, -0.2) is 4.52 Å². The molecule has 13 heavy (non-hydrogen) atoms. The molecule has 1 aliphatic rings. The number of aromatic nitrogens is 4. The van der Waals surface area contributed by atoms with Gasteiger partial charge in [-0.2, -0.15) is 21.8 Å². The van der Waals surface area contributed by atoms with Gasteiger partial charge >= 0.3 is 0 Å². The second kappa shape index (κ2) is 2.35. The van der Waals surface area contributed by atoms with E-state index in [9.17, 15) is 4.79 Å². The minimum atomic E-state index is -0.0273. The van der Waals surface area contributed by atoms with Crippen LogP contribution in [0.15, 0.2) is 11.1 Å². The van der Waals surface area contributed by atoms with Crippen molar-refractivity contribution < 1.29 is 0 Å². The van der Waals surface area contributed by atoms with E-state index < -0.39 is 0 Å². The lowest BCUT2D eigenvalue weighted by Crippen LogP contribution is -2.16. The average Bonchev–Trinajstić information content (AvgIpc) is 2.66. The van der Waals surface area contributed by atoms with Gasteiger partial charge in [0.15, 0.2) is 0 Å². The molecule has 0 radical (unpaired) electrons. The first-order valence-electron chi connectivity index (χ1n) is 3.88. The molecule has 5 nitrogen and oxygen atoms in total. The van der Waals surface area contributed by atoms with Crippen molar-refractivity contribution in [3.63, 3.8) is 0 Å². The second-order valence-electron chi connectivity index (χ2n) is 2.87. The second-order valence-corrected chi connectivity index (χ2v) is 3.85. The smallest absolute Gasteiger partial charge is 0.256 e. The fourth-order valence-corrected chi connectivity index (χ4v) is 2.60. The van der Waals surface area contributed by atoms with Crippen molar-refractivity contribution >= 4 is 17.5 Å². The Kier molecular flexibility index (Phi) is 1.29. The molecule has 1 N–H and O–H groups in total. The Morgan fingerprint density at radius 2 is 2.46 bits per heavy atom. The zero-order chi connectivity index (χ0) is 8.84. The number of hydrogen-bond acceptors (Lipinski definition) is 4. The summed E-state index contributed by atoms with van der Waals surface area (Å²) in [6, 6.07) is 0. The molecule has 0 saturated heterocycles. The summed E-state index contributed by atoms with van der Waals surface area (Å²) in [5.41, 5.74) is 1.80. The van der Waals surface area contributed by atoms with Gasteiger partial charge in [-0.15, -0.1) is 0 Å². The molecular formula is C7H6N4OS. The Hall–Kier alpha value is -1.30. The van der Waals surface area contributed by atoms with Crippen LogP contribution < -0.4 is 5.56 Å². The lowest BCUT2D eigenvalue weighted by Gasteiger charge is -1.98. The third kappa shape index (κ3) is 0.859. The van der Waals surface area contributed by atoms with E-state index in [0.717, 1.165) is 22.8 Å². The van der Waals surface area contributed by atoms with E-state index in [1.807, 2.05) is 0 Å². The normalized spacial score (nSPS) is 15.1. The standard InChI is InChI=1S/C7H6N4OS/c12-6-4-1-13-2-5(4)11-7(10-6)8-3-9-11/h3H,1-2H2,(H,8,9,10,12). The molecule has 3 rings (SSSR count). The predicted octanol–water partition coefficient (Wildman–Crippen LogP) is 0.164. The molecule has 0 bridgehead atoms. The fourth-order valence-electron chi connectivity index (χ4n) is 1.51. The Morgan fingerprint density at radius 3 is 3.38 bits per heavy atom. The molecule has 3 heterocycles. The third-order valence-electron chi connectivity index (χ3n) is 2.14. The van der Waals surface area contributed by atoms with E-state index in [4.69, 9.17) is 0 Å². The number of aromatic amines is 1. The SMILES string of the molecule is O=c1[nH]c2ncnn2c2c1CSC2. The first-order chi connectivity index (χ1) is 6.36. The van der Waals surface area contributed by atoms with Crippen LogP contribution in [-0.2, 0) is 11.5 Å². The van der Waals surface area contributed by atoms with Crippen LogP contribution in [0.5, 0.6) is 0 Å². The molecule has 0 fully saturated rings. The Bertz CT molecular complexity index is 529. The molecule has 66 valence electrons. The predicted molar refractivity (Wildman–Crippen MR) is 48.6 cm³/mol. The van der Waals surface area contributed by atoms with Gasteiger partial charge in [0, 0.05) is 17.1 Å². The summed E-state index contributed by atoms with van der Waals surface area (Å²) in [6.07, 6.45) is 1.45. The van der Waals surface area contributed by atoms with E-state index in [0.29, 0.717) is 5.78 Å². The van der Waals surface area contributed by atoms with Crippen molar-refractivity contribution in [3.8, 4) is 0 Å². The van der Waals surface area contributed by atoms with Crippen molar-refractivity contribution in [2.75, 3.05) is 0 Å². The Morgan fingerprint density at radius 1 is 1.54 bits per heavy atom. The lowest BCUT2D eigenvalue weighted by atomic mass is 10.3. The molecule has 0 unspecified atom stereocenters. The summed E-state index contributed by atoms with van der Waals surface area (Å²) in [5, 5.41) is 4.05. The van der Waals surface area contributed by atoms with Crippen molar-refractivity contribution in [1.29, 1.82) is 0 Å². The van der Waals surface area contributed by atoms with Gasteiger partial charge in [0.1, 0.15) is 6.33 Å². The van der Waals surface area contributed by atoms with Crippen LogP contribution >= 0.6 is 11.8 Å². The van der Waals surface area contributed by atoms with Crippen LogP contribution in [-0.4, -0.2) is 19.6 Å². The van der Waals surface area contributed by atoms with Gasteiger partial charge in [-0.1, -0.05) is 0 Å². The maximum Gasteiger partial charge on any atom is 0.256 e. The largest absolute Gasteiger partial charge is 0.290 e. The zero-order valence-electron chi connectivity index (χ0n) is 6.65. The number of nitrogens with one attached hydrogen (secondary N) is 1. The van der Waals surface area contributed by atoms with E-state index >= 15 is 0 Å². The summed E-state index contributed by atoms with van der Waals surface area (Å²) in [5.74, 6) is 2.16. The van der Waals surface area contributed by atoms with Gasteiger partial charge in [-0.3, -0.25) is 9.78 Å². The highest BCUT2D eigenvalue weighted by molar-refractivity contribution is 7.98. The van der Waals surface area contributed by atoms with E-state index in [1.165, 1.54) is 6.33 Å². The topological polar surface area (TPSA) is 63.0 Å². The van der Waals surface area contributed by atoms with Gasteiger partial charge in [0.2, 0.25) is 5.78 Å². The first-order valence-corrected chi connectivity index (χ1v) is 5.03. The third-order valence-corrected chi connectivity index (χ3v) is 3.11. The molecule has 0 atom stereocenters. The van der Waals surface area contributed by atoms with Gasteiger partial charge in [-0.05, 0) is 0 Å². The number of fused-ring (bicyclic) bond motifs is 3. The number of H-pyrrole nitrogens is 1. The highest BCUT2D eigenvalue weighted by Crippen LogP contribution is 2.26. The van der Waals surface area contributed by atoms with Crippen LogP contribution in [0.1, 0.15) is 11.3 Å². The molecule has 0 aliphatic carbocycles. The zero-order valence-corrected chi connectivity index (χ0v) is 7.47. The van der Waals surface area contributed by atoms with E-state index in [2.05, 4.69) is 15.1 Å². The summed E-state index contributed by atoms with van der Waals surface area (Å²) < 4.78 is 1.71. The molecular weight excluding hydrogens is 188 g/mol. The number of nitrogens with zero attached hydrogens (tertiary/aromatic N) is 3. The van der Waals surface area contributed by atoms with Crippen LogP contribution in [0.3, 0.4) is 0 Å². The summed E-state index contributed by atoms with van der Waals surface area (Å²) in [7, 11) is 0. The first kappa shape index (κ1) is 7.14. The van der Waals surface area contributed by atoms with Crippen molar-refractivity contribution in [2.45, 2.75) is 11.5 Å². The molecule has 0 amide bonds. The van der Waals surface area contributed by atoms with E-state index in [1.54, 1.807) is 16.3 Å².